The number of fused-ring (bicyclic) bond motifs is 4. The van der Waals surface area contributed by atoms with E-state index in [2.05, 4.69) is 0 Å². The number of rotatable bonds is 8. The van der Waals surface area contributed by atoms with Gasteiger partial charge in [0.2, 0.25) is 23.6 Å². The van der Waals surface area contributed by atoms with Gasteiger partial charge in [-0.3, -0.25) is 24.1 Å². The summed E-state index contributed by atoms with van der Waals surface area (Å²) in [5, 5.41) is 19.2. The van der Waals surface area contributed by atoms with Crippen LogP contribution in [0.3, 0.4) is 0 Å². The highest BCUT2D eigenvalue weighted by atomic mass is 16.5. The molecule has 46 heavy (non-hydrogen) atoms. The number of aliphatic hydroxyl groups is 1. The van der Waals surface area contributed by atoms with Gasteiger partial charge in [0.25, 0.3) is 0 Å². The maximum absolute atomic E-state index is 14.5. The Morgan fingerprint density at radius 3 is 2.33 bits per heavy atom. The molecule has 9 heteroatoms. The molecule has 0 bridgehead atoms. The molecule has 2 heterocycles. The van der Waals surface area contributed by atoms with Crippen LogP contribution in [0.15, 0.2) is 90.5 Å². The first-order chi connectivity index (χ1) is 22.3. The molecular formula is C37H36N2O7. The first kappa shape index (κ1) is 29.9. The predicted molar refractivity (Wildman–Crippen MR) is 169 cm³/mol. The van der Waals surface area contributed by atoms with Crippen LogP contribution in [-0.4, -0.2) is 58.5 Å². The number of hydrogen-bond donors (Lipinski definition) is 2. The van der Waals surface area contributed by atoms with Crippen molar-refractivity contribution in [1.29, 1.82) is 0 Å². The molecule has 4 amide bonds. The number of aliphatic hydroxyl groups excluding tert-OH is 1. The van der Waals surface area contributed by atoms with Gasteiger partial charge in [-0.2, -0.15) is 0 Å². The molecule has 3 aromatic rings. The minimum Gasteiger partial charge on any atom is -0.508 e. The maximum atomic E-state index is 14.5. The second kappa shape index (κ2) is 11.6. The molecule has 0 spiro atoms. The average molecular weight is 621 g/mol. The summed E-state index contributed by atoms with van der Waals surface area (Å²) >= 11 is 0. The van der Waals surface area contributed by atoms with Crippen molar-refractivity contribution in [2.45, 2.75) is 32.1 Å². The van der Waals surface area contributed by atoms with Crippen LogP contribution < -0.4 is 9.64 Å². The van der Waals surface area contributed by atoms with Crippen LogP contribution in [0.5, 0.6) is 11.5 Å². The van der Waals surface area contributed by atoms with Gasteiger partial charge in [-0.25, -0.2) is 4.90 Å². The van der Waals surface area contributed by atoms with E-state index in [-0.39, 0.29) is 55.6 Å². The number of allylic oxidation sites excluding steroid dienone is 2. The van der Waals surface area contributed by atoms with Crippen molar-refractivity contribution in [1.82, 2.24) is 4.90 Å². The lowest BCUT2D eigenvalue weighted by molar-refractivity contribution is -0.140. The second-order valence-electron chi connectivity index (χ2n) is 12.9. The fourth-order valence-electron chi connectivity index (χ4n) is 8.38. The van der Waals surface area contributed by atoms with Crippen molar-refractivity contribution in [2.75, 3.05) is 24.7 Å². The van der Waals surface area contributed by atoms with Gasteiger partial charge in [0.1, 0.15) is 18.1 Å². The van der Waals surface area contributed by atoms with E-state index in [1.165, 1.54) is 9.80 Å². The number of para-hydroxylation sites is 2. The number of phenolic OH excluding ortho intramolecular Hbond substituents is 1. The molecule has 7 rings (SSSR count). The molecule has 4 aliphatic rings. The molecule has 9 nitrogen and oxygen atoms in total. The van der Waals surface area contributed by atoms with Gasteiger partial charge in [-0.05, 0) is 68.0 Å². The van der Waals surface area contributed by atoms with Gasteiger partial charge in [0.05, 0.1) is 35.5 Å². The molecule has 236 valence electrons. The molecule has 0 radical (unpaired) electrons. The van der Waals surface area contributed by atoms with Crippen molar-refractivity contribution < 1.29 is 34.1 Å². The zero-order chi connectivity index (χ0) is 32.2. The highest BCUT2D eigenvalue weighted by molar-refractivity contribution is 6.24. The molecule has 0 unspecified atom stereocenters. The van der Waals surface area contributed by atoms with Gasteiger partial charge < -0.3 is 14.9 Å². The summed E-state index contributed by atoms with van der Waals surface area (Å²) in [5.41, 5.74) is 1.83. The van der Waals surface area contributed by atoms with Crippen molar-refractivity contribution >= 4 is 29.3 Å². The number of benzene rings is 3. The molecule has 0 aromatic heterocycles. The standard InChI is InChI=1S/C37H36N2O7/c1-37-29(34(43)39(36(37)45)23-7-3-2-4-8-23)21-28-25(32(37)26-9-5-6-10-30(26)46-20-19-40)15-16-27-31(28)35(44)38(33(27)42)18-17-22-11-13-24(41)14-12-22/h2-15,27-29,31-32,40-41H,16-21H2,1H3/t27-,28+,29-,31-,32+,37+/m0/s1. The average Bonchev–Trinajstić information content (AvgIpc) is 3.43. The Morgan fingerprint density at radius 2 is 1.59 bits per heavy atom. The smallest absolute Gasteiger partial charge is 0.241 e. The molecule has 6 atom stereocenters. The van der Waals surface area contributed by atoms with Crippen LogP contribution >= 0.6 is 0 Å². The molecule has 2 aliphatic carbocycles. The molecule has 2 aliphatic heterocycles. The van der Waals surface area contributed by atoms with E-state index in [1.54, 1.807) is 54.6 Å². The number of ether oxygens (including phenoxy) is 1. The summed E-state index contributed by atoms with van der Waals surface area (Å²) in [6.07, 6.45) is 3.12. The zero-order valence-electron chi connectivity index (χ0n) is 25.5. The molecule has 3 fully saturated rings. The fourth-order valence-corrected chi connectivity index (χ4v) is 8.38. The van der Waals surface area contributed by atoms with Crippen molar-refractivity contribution in [2.24, 2.45) is 29.1 Å². The Labute approximate surface area is 267 Å². The van der Waals surface area contributed by atoms with E-state index in [4.69, 9.17) is 4.74 Å². The number of carbonyl (C=O) groups excluding carboxylic acids is 4. The minimum atomic E-state index is -1.18. The second-order valence-corrected chi connectivity index (χ2v) is 12.9. The zero-order valence-corrected chi connectivity index (χ0v) is 25.5. The lowest BCUT2D eigenvalue weighted by atomic mass is 9.51. The van der Waals surface area contributed by atoms with Gasteiger partial charge in [-0.15, -0.1) is 0 Å². The van der Waals surface area contributed by atoms with E-state index < -0.39 is 35.0 Å². The van der Waals surface area contributed by atoms with Crippen LogP contribution in [0.25, 0.3) is 0 Å². The number of hydrogen-bond acceptors (Lipinski definition) is 7. The topological polar surface area (TPSA) is 124 Å². The van der Waals surface area contributed by atoms with Gasteiger partial charge >= 0.3 is 0 Å². The molecule has 3 aromatic carbocycles. The SMILES string of the molecule is C[C@@]12C(=O)N(c3ccccc3)C(=O)[C@@H]1C[C@@H]1C(=CC[C@@H]3C(=O)N(CCc4ccc(O)cc4)C(=O)[C@@H]31)[C@@H]2c1ccccc1OCCO. The highest BCUT2D eigenvalue weighted by Gasteiger charge is 2.67. The van der Waals surface area contributed by atoms with E-state index >= 15 is 0 Å². The summed E-state index contributed by atoms with van der Waals surface area (Å²) in [5.74, 6) is -3.33. The minimum absolute atomic E-state index is 0.0586. The van der Waals surface area contributed by atoms with Crippen LogP contribution in [0, 0.1) is 29.1 Å². The third-order valence-corrected chi connectivity index (χ3v) is 10.5. The van der Waals surface area contributed by atoms with Crippen molar-refractivity contribution in [3.63, 3.8) is 0 Å². The largest absolute Gasteiger partial charge is 0.508 e. The fraction of sp³-hybridized carbons (Fsp3) is 0.351. The predicted octanol–water partition coefficient (Wildman–Crippen LogP) is 4.24. The van der Waals surface area contributed by atoms with Gasteiger partial charge in [0.15, 0.2) is 0 Å². The summed E-state index contributed by atoms with van der Waals surface area (Å²) < 4.78 is 5.98. The van der Waals surface area contributed by atoms with Gasteiger partial charge in [-0.1, -0.05) is 60.2 Å². The lowest BCUT2D eigenvalue weighted by Gasteiger charge is -2.49. The number of carbonyl (C=O) groups is 4. The number of phenols is 1. The third kappa shape index (κ3) is 4.55. The molecule has 1 saturated carbocycles. The number of nitrogens with zero attached hydrogens (tertiary/aromatic N) is 2. The summed E-state index contributed by atoms with van der Waals surface area (Å²) in [7, 11) is 0. The first-order valence-electron chi connectivity index (χ1n) is 15.8. The molecule has 2 saturated heterocycles. The highest BCUT2D eigenvalue weighted by Crippen LogP contribution is 2.64. The van der Waals surface area contributed by atoms with Crippen LogP contribution in [-0.2, 0) is 25.6 Å². The normalized spacial score (nSPS) is 28.6. The van der Waals surface area contributed by atoms with E-state index in [0.717, 1.165) is 16.7 Å². The Kier molecular flexibility index (Phi) is 7.51. The summed E-state index contributed by atoms with van der Waals surface area (Å²) in [6, 6.07) is 23.0. The van der Waals surface area contributed by atoms with Crippen LogP contribution in [0.1, 0.15) is 36.8 Å². The van der Waals surface area contributed by atoms with Crippen LogP contribution in [0.4, 0.5) is 5.69 Å². The Balaban J connectivity index is 1.30. The number of likely N-dealkylation sites (tertiary alicyclic amines) is 1. The van der Waals surface area contributed by atoms with Crippen LogP contribution in [0.2, 0.25) is 0 Å². The molecule has 2 N–H and O–H groups in total. The number of anilines is 1. The number of imide groups is 2. The lowest BCUT2D eigenvalue weighted by Crippen LogP contribution is -2.49. The summed E-state index contributed by atoms with van der Waals surface area (Å²) in [6.45, 7) is 1.94. The van der Waals surface area contributed by atoms with Gasteiger partial charge in [0, 0.05) is 18.0 Å². The van der Waals surface area contributed by atoms with E-state index in [9.17, 15) is 29.4 Å². The van der Waals surface area contributed by atoms with Crippen molar-refractivity contribution in [3.8, 4) is 11.5 Å². The van der Waals surface area contributed by atoms with E-state index in [1.807, 2.05) is 37.3 Å². The first-order valence-corrected chi connectivity index (χ1v) is 15.8. The number of aromatic hydroxyl groups is 1. The number of amides is 4. The summed E-state index contributed by atoms with van der Waals surface area (Å²) in [4.78, 5) is 59.4. The quantitative estimate of drug-likeness (QED) is 0.285. The Bertz CT molecular complexity index is 1740. The van der Waals surface area contributed by atoms with E-state index in [0.29, 0.717) is 24.3 Å². The van der Waals surface area contributed by atoms with Crippen molar-refractivity contribution in [3.05, 3.63) is 102 Å². The molecular weight excluding hydrogens is 584 g/mol. The maximum Gasteiger partial charge on any atom is 0.241 e. The monoisotopic (exact) mass is 620 g/mol. The Hall–Kier alpha value is -4.76. The Morgan fingerprint density at radius 1 is 0.870 bits per heavy atom. The third-order valence-electron chi connectivity index (χ3n) is 10.5.